The third kappa shape index (κ3) is 4.39. The first kappa shape index (κ1) is 13.9. The van der Waals surface area contributed by atoms with Crippen LogP contribution in [0, 0.1) is 0 Å². The highest BCUT2D eigenvalue weighted by atomic mass is 32.2. The molecule has 1 aliphatic heterocycles. The summed E-state index contributed by atoms with van der Waals surface area (Å²) >= 11 is 0. The topological polar surface area (TPSA) is 49.4 Å². The van der Waals surface area contributed by atoms with Crippen molar-refractivity contribution in [3.8, 4) is 0 Å². The number of rotatable bonds is 5. The molecule has 0 aromatic rings. The molecule has 0 atom stereocenters. The highest BCUT2D eigenvalue weighted by molar-refractivity contribution is 7.92. The molecule has 5 heteroatoms. The van der Waals surface area contributed by atoms with Gasteiger partial charge >= 0.3 is 0 Å². The molecular weight excluding hydrogens is 224 g/mol. The van der Waals surface area contributed by atoms with Crippen LogP contribution in [0.1, 0.15) is 26.7 Å². The number of nitrogens with one attached hydrogen (secondary N) is 1. The normalized spacial score (nSPS) is 20.5. The minimum absolute atomic E-state index is 0.258. The van der Waals surface area contributed by atoms with E-state index in [2.05, 4.69) is 17.3 Å². The first-order valence-electron chi connectivity index (χ1n) is 6.05. The molecule has 0 saturated carbocycles. The van der Waals surface area contributed by atoms with Crippen LogP contribution in [-0.2, 0) is 9.84 Å². The third-order valence-corrected chi connectivity index (χ3v) is 5.47. The Hall–Kier alpha value is -0.130. The van der Waals surface area contributed by atoms with E-state index in [0.717, 1.165) is 25.9 Å². The van der Waals surface area contributed by atoms with Gasteiger partial charge in [0.05, 0.1) is 11.0 Å². The SMILES string of the molecule is CC(C)S(=O)(=O)CCNC1CCN(C)CC1. The maximum absolute atomic E-state index is 11.6. The second kappa shape index (κ2) is 5.98. The smallest absolute Gasteiger partial charge is 0.153 e. The summed E-state index contributed by atoms with van der Waals surface area (Å²) in [5.41, 5.74) is 0. The first-order valence-corrected chi connectivity index (χ1v) is 7.77. The second-order valence-corrected chi connectivity index (χ2v) is 7.62. The van der Waals surface area contributed by atoms with Crippen molar-refractivity contribution in [1.82, 2.24) is 10.2 Å². The van der Waals surface area contributed by atoms with Crippen molar-refractivity contribution in [1.29, 1.82) is 0 Å². The lowest BCUT2D eigenvalue weighted by molar-refractivity contribution is 0.236. The van der Waals surface area contributed by atoms with Crippen LogP contribution in [0.15, 0.2) is 0 Å². The fourth-order valence-electron chi connectivity index (χ4n) is 1.85. The lowest BCUT2D eigenvalue weighted by atomic mass is 10.1. The van der Waals surface area contributed by atoms with Crippen molar-refractivity contribution in [3.63, 3.8) is 0 Å². The zero-order valence-corrected chi connectivity index (χ0v) is 11.4. The number of nitrogens with zero attached hydrogens (tertiary/aromatic N) is 1. The van der Waals surface area contributed by atoms with E-state index in [0.29, 0.717) is 12.6 Å². The maximum Gasteiger partial charge on any atom is 0.153 e. The van der Waals surface area contributed by atoms with E-state index >= 15 is 0 Å². The van der Waals surface area contributed by atoms with Crippen molar-refractivity contribution < 1.29 is 8.42 Å². The van der Waals surface area contributed by atoms with E-state index in [4.69, 9.17) is 0 Å². The molecule has 0 spiro atoms. The van der Waals surface area contributed by atoms with Crippen LogP contribution < -0.4 is 5.32 Å². The molecule has 0 bridgehead atoms. The molecule has 0 radical (unpaired) electrons. The van der Waals surface area contributed by atoms with Crippen molar-refractivity contribution in [2.24, 2.45) is 0 Å². The predicted octanol–water partition coefficient (Wildman–Crippen LogP) is 0.493. The average Bonchev–Trinajstić information content (AvgIpc) is 2.20. The van der Waals surface area contributed by atoms with Crippen LogP contribution in [0.5, 0.6) is 0 Å². The minimum Gasteiger partial charge on any atom is -0.313 e. The Labute approximate surface area is 99.3 Å². The molecule has 1 saturated heterocycles. The van der Waals surface area contributed by atoms with Gasteiger partial charge in [0.15, 0.2) is 9.84 Å². The van der Waals surface area contributed by atoms with Gasteiger partial charge in [-0.1, -0.05) is 0 Å². The molecule has 1 N–H and O–H groups in total. The molecule has 0 aromatic heterocycles. The summed E-state index contributed by atoms with van der Waals surface area (Å²) in [6.07, 6.45) is 2.25. The molecule has 0 amide bonds. The van der Waals surface area contributed by atoms with E-state index < -0.39 is 9.84 Å². The Bertz CT molecular complexity index is 293. The van der Waals surface area contributed by atoms with Gasteiger partial charge in [-0.3, -0.25) is 0 Å². The van der Waals surface area contributed by atoms with Gasteiger partial charge in [0.2, 0.25) is 0 Å². The van der Waals surface area contributed by atoms with Gasteiger partial charge in [0, 0.05) is 12.6 Å². The highest BCUT2D eigenvalue weighted by Gasteiger charge is 2.18. The number of likely N-dealkylation sites (tertiary alicyclic amines) is 1. The van der Waals surface area contributed by atoms with Crippen LogP contribution in [0.4, 0.5) is 0 Å². The Morgan fingerprint density at radius 3 is 2.38 bits per heavy atom. The second-order valence-electron chi connectivity index (χ2n) is 4.95. The number of hydrogen-bond acceptors (Lipinski definition) is 4. The summed E-state index contributed by atoms with van der Waals surface area (Å²) < 4.78 is 23.2. The summed E-state index contributed by atoms with van der Waals surface area (Å²) in [6, 6.07) is 0.499. The van der Waals surface area contributed by atoms with Crippen LogP contribution in [0.3, 0.4) is 0 Å². The molecule has 1 aliphatic rings. The van der Waals surface area contributed by atoms with Gasteiger partial charge in [-0.15, -0.1) is 0 Å². The maximum atomic E-state index is 11.6. The summed E-state index contributed by atoms with van der Waals surface area (Å²) in [6.45, 7) is 6.29. The number of hydrogen-bond donors (Lipinski definition) is 1. The molecule has 1 rings (SSSR count). The summed E-state index contributed by atoms with van der Waals surface area (Å²) in [5.74, 6) is 0.261. The molecule has 1 heterocycles. The highest BCUT2D eigenvalue weighted by Crippen LogP contribution is 2.08. The molecule has 0 aromatic carbocycles. The Morgan fingerprint density at radius 2 is 1.88 bits per heavy atom. The third-order valence-electron chi connectivity index (χ3n) is 3.26. The van der Waals surface area contributed by atoms with Gasteiger partial charge in [-0.2, -0.15) is 0 Å². The average molecular weight is 248 g/mol. The Kier molecular flexibility index (Phi) is 5.21. The van der Waals surface area contributed by atoms with Crippen molar-refractivity contribution in [2.45, 2.75) is 38.0 Å². The van der Waals surface area contributed by atoms with E-state index in [1.807, 2.05) is 0 Å². The van der Waals surface area contributed by atoms with Crippen LogP contribution in [-0.4, -0.2) is 57.0 Å². The monoisotopic (exact) mass is 248 g/mol. The molecule has 96 valence electrons. The predicted molar refractivity (Wildman–Crippen MR) is 67.4 cm³/mol. The van der Waals surface area contributed by atoms with E-state index in [9.17, 15) is 8.42 Å². The largest absolute Gasteiger partial charge is 0.313 e. The number of piperidine rings is 1. The van der Waals surface area contributed by atoms with E-state index in [1.54, 1.807) is 13.8 Å². The van der Waals surface area contributed by atoms with Gasteiger partial charge in [0.25, 0.3) is 0 Å². The summed E-state index contributed by atoms with van der Waals surface area (Å²) in [5, 5.41) is 3.09. The standard InChI is InChI=1S/C11H24N2O2S/c1-10(2)16(14,15)9-6-12-11-4-7-13(3)8-5-11/h10-12H,4-9H2,1-3H3. The summed E-state index contributed by atoms with van der Waals surface area (Å²) in [4.78, 5) is 2.31. The Balaban J connectivity index is 2.21. The number of sulfone groups is 1. The minimum atomic E-state index is -2.88. The van der Waals surface area contributed by atoms with Gasteiger partial charge < -0.3 is 10.2 Å². The first-order chi connectivity index (χ1) is 7.42. The summed E-state index contributed by atoms with van der Waals surface area (Å²) in [7, 11) is -0.758. The van der Waals surface area contributed by atoms with Crippen molar-refractivity contribution in [2.75, 3.05) is 32.4 Å². The Morgan fingerprint density at radius 1 is 1.31 bits per heavy atom. The fourth-order valence-corrected chi connectivity index (χ4v) is 2.73. The van der Waals surface area contributed by atoms with Crippen LogP contribution in [0.2, 0.25) is 0 Å². The van der Waals surface area contributed by atoms with E-state index in [-0.39, 0.29) is 11.0 Å². The molecule has 0 unspecified atom stereocenters. The fraction of sp³-hybridized carbons (Fsp3) is 1.00. The molecule has 0 aliphatic carbocycles. The molecule has 16 heavy (non-hydrogen) atoms. The van der Waals surface area contributed by atoms with Crippen LogP contribution in [0.25, 0.3) is 0 Å². The van der Waals surface area contributed by atoms with Gasteiger partial charge in [-0.25, -0.2) is 8.42 Å². The lowest BCUT2D eigenvalue weighted by Crippen LogP contribution is -2.42. The van der Waals surface area contributed by atoms with Crippen molar-refractivity contribution >= 4 is 9.84 Å². The zero-order chi connectivity index (χ0) is 12.2. The van der Waals surface area contributed by atoms with Gasteiger partial charge in [0.1, 0.15) is 0 Å². The molecular formula is C11H24N2O2S. The van der Waals surface area contributed by atoms with Crippen molar-refractivity contribution in [3.05, 3.63) is 0 Å². The molecule has 4 nitrogen and oxygen atoms in total. The van der Waals surface area contributed by atoms with Gasteiger partial charge in [-0.05, 0) is 46.8 Å². The van der Waals surface area contributed by atoms with Crippen LogP contribution >= 0.6 is 0 Å². The lowest BCUT2D eigenvalue weighted by Gasteiger charge is -2.29. The molecule has 1 fully saturated rings. The quantitative estimate of drug-likeness (QED) is 0.769. The van der Waals surface area contributed by atoms with E-state index in [1.165, 1.54) is 0 Å². The zero-order valence-electron chi connectivity index (χ0n) is 10.6.